The Morgan fingerprint density at radius 1 is 1.39 bits per heavy atom. The molecule has 0 radical (unpaired) electrons. The van der Waals surface area contributed by atoms with E-state index in [1.165, 1.54) is 6.07 Å². The van der Waals surface area contributed by atoms with E-state index in [4.69, 9.17) is 0 Å². The third-order valence-electron chi connectivity index (χ3n) is 4.64. The fourth-order valence-electron chi connectivity index (χ4n) is 3.37. The van der Waals surface area contributed by atoms with Gasteiger partial charge in [-0.05, 0) is 50.5 Å². The van der Waals surface area contributed by atoms with Crippen molar-refractivity contribution in [3.05, 3.63) is 48.0 Å². The summed E-state index contributed by atoms with van der Waals surface area (Å²) in [5.41, 5.74) is 2.10. The lowest BCUT2D eigenvalue weighted by molar-refractivity contribution is 0.467. The second kappa shape index (κ2) is 11.2. The number of hydrogen-bond donors (Lipinski definition) is 2. The second-order valence-electron chi connectivity index (χ2n) is 6.95. The monoisotopic (exact) mass is 500 g/mol. The zero-order chi connectivity index (χ0) is 19.1. The van der Waals surface area contributed by atoms with Crippen LogP contribution < -0.4 is 15.5 Å². The minimum Gasteiger partial charge on any atom is -0.369 e. The fraction of sp³-hybridized carbons (Fsp3) is 0.500. The van der Waals surface area contributed by atoms with E-state index >= 15 is 0 Å². The lowest BCUT2D eigenvalue weighted by atomic mass is 10.0. The van der Waals surface area contributed by atoms with Gasteiger partial charge in [-0.25, -0.2) is 4.39 Å². The van der Waals surface area contributed by atoms with Crippen LogP contribution in [0.1, 0.15) is 25.3 Å². The van der Waals surface area contributed by atoms with E-state index in [1.807, 2.05) is 30.1 Å². The number of aliphatic imine (C=N–C) groups is 1. The van der Waals surface area contributed by atoms with Gasteiger partial charge in [-0.1, -0.05) is 6.07 Å². The summed E-state index contributed by atoms with van der Waals surface area (Å²) < 4.78 is 15.4. The molecule has 8 heteroatoms. The molecule has 0 saturated carbocycles. The number of piperidine rings is 1. The summed E-state index contributed by atoms with van der Waals surface area (Å²) in [6.45, 7) is 8.12. The number of anilines is 1. The fourth-order valence-corrected chi connectivity index (χ4v) is 3.37. The number of rotatable bonds is 6. The average Bonchev–Trinajstić information content (AvgIpc) is 3.07. The van der Waals surface area contributed by atoms with E-state index < -0.39 is 0 Å². The Kier molecular flexibility index (Phi) is 9.01. The molecule has 0 bridgehead atoms. The lowest BCUT2D eigenvalue weighted by Gasteiger charge is -2.35. The van der Waals surface area contributed by atoms with Crippen molar-refractivity contribution in [2.75, 3.05) is 31.1 Å². The van der Waals surface area contributed by atoms with E-state index in [-0.39, 0.29) is 35.8 Å². The largest absolute Gasteiger partial charge is 0.369 e. The molecule has 0 spiro atoms. The van der Waals surface area contributed by atoms with E-state index in [9.17, 15) is 4.39 Å². The van der Waals surface area contributed by atoms with Crippen molar-refractivity contribution in [3.8, 4) is 0 Å². The summed E-state index contributed by atoms with van der Waals surface area (Å²) >= 11 is 0. The van der Waals surface area contributed by atoms with Crippen LogP contribution in [-0.4, -0.2) is 48.0 Å². The molecule has 0 amide bonds. The smallest absolute Gasteiger partial charge is 0.191 e. The van der Waals surface area contributed by atoms with Gasteiger partial charge in [0.15, 0.2) is 5.96 Å². The van der Waals surface area contributed by atoms with E-state index in [1.54, 1.807) is 12.1 Å². The highest BCUT2D eigenvalue weighted by molar-refractivity contribution is 14.0. The average molecular weight is 500 g/mol. The van der Waals surface area contributed by atoms with Crippen LogP contribution >= 0.6 is 24.0 Å². The van der Waals surface area contributed by atoms with Crippen LogP contribution in [0, 0.1) is 12.7 Å². The zero-order valence-corrected chi connectivity index (χ0v) is 18.9. The number of aromatic nitrogens is 2. The van der Waals surface area contributed by atoms with Gasteiger partial charge in [0.05, 0.1) is 19.3 Å². The molecule has 3 rings (SSSR count). The minimum atomic E-state index is -0.189. The predicted molar refractivity (Wildman–Crippen MR) is 123 cm³/mol. The van der Waals surface area contributed by atoms with Crippen LogP contribution in [0.15, 0.2) is 41.7 Å². The molecular weight excluding hydrogens is 470 g/mol. The maximum absolute atomic E-state index is 13.5. The Hall–Kier alpha value is -1.84. The number of halogens is 2. The quantitative estimate of drug-likeness (QED) is 0.364. The number of nitrogens with zero attached hydrogens (tertiary/aromatic N) is 4. The summed E-state index contributed by atoms with van der Waals surface area (Å²) in [6, 6.07) is 7.11. The summed E-state index contributed by atoms with van der Waals surface area (Å²) in [6.07, 6.45) is 6.03. The van der Waals surface area contributed by atoms with Crippen LogP contribution in [-0.2, 0) is 6.54 Å². The van der Waals surface area contributed by atoms with Gasteiger partial charge in [-0.3, -0.25) is 9.67 Å². The molecule has 1 atom stereocenters. The van der Waals surface area contributed by atoms with Crippen LogP contribution in [0.25, 0.3) is 0 Å². The molecular formula is C20H30FIN6. The van der Waals surface area contributed by atoms with Crippen molar-refractivity contribution >= 4 is 35.6 Å². The molecule has 0 aliphatic carbocycles. The van der Waals surface area contributed by atoms with E-state index in [2.05, 4.69) is 32.5 Å². The van der Waals surface area contributed by atoms with Gasteiger partial charge >= 0.3 is 0 Å². The first-order chi connectivity index (χ1) is 13.1. The van der Waals surface area contributed by atoms with E-state index in [0.29, 0.717) is 6.54 Å². The highest BCUT2D eigenvalue weighted by Gasteiger charge is 2.21. The number of aryl methyl sites for hydroxylation is 1. The molecule has 1 aliphatic heterocycles. The van der Waals surface area contributed by atoms with Gasteiger partial charge in [-0.15, -0.1) is 24.0 Å². The predicted octanol–water partition coefficient (Wildman–Crippen LogP) is 3.17. The molecule has 2 N–H and O–H groups in total. The Morgan fingerprint density at radius 3 is 2.96 bits per heavy atom. The van der Waals surface area contributed by atoms with Gasteiger partial charge in [0, 0.05) is 37.6 Å². The third-order valence-corrected chi connectivity index (χ3v) is 4.64. The molecule has 1 unspecified atom stereocenters. The Labute approximate surface area is 183 Å². The molecule has 154 valence electrons. The summed E-state index contributed by atoms with van der Waals surface area (Å²) in [5, 5.41) is 11.1. The molecule has 1 saturated heterocycles. The summed E-state index contributed by atoms with van der Waals surface area (Å²) in [4.78, 5) is 6.92. The minimum absolute atomic E-state index is 0. The first kappa shape index (κ1) is 22.4. The van der Waals surface area contributed by atoms with Gasteiger partial charge in [0.25, 0.3) is 0 Å². The van der Waals surface area contributed by atoms with Crippen molar-refractivity contribution in [2.45, 2.75) is 39.3 Å². The first-order valence-electron chi connectivity index (χ1n) is 9.68. The molecule has 1 fully saturated rings. The maximum atomic E-state index is 13.5. The molecule has 2 aromatic rings. The van der Waals surface area contributed by atoms with Crippen molar-refractivity contribution < 1.29 is 4.39 Å². The van der Waals surface area contributed by atoms with Crippen molar-refractivity contribution in [2.24, 2.45) is 4.99 Å². The Balaban J connectivity index is 0.00000280. The van der Waals surface area contributed by atoms with Gasteiger partial charge in [-0.2, -0.15) is 5.10 Å². The topological polar surface area (TPSA) is 57.5 Å². The van der Waals surface area contributed by atoms with Crippen LogP contribution in [0.2, 0.25) is 0 Å². The number of guanidine groups is 1. The third kappa shape index (κ3) is 6.65. The van der Waals surface area contributed by atoms with Crippen LogP contribution in [0.3, 0.4) is 0 Å². The molecule has 1 aromatic heterocycles. The highest BCUT2D eigenvalue weighted by Crippen LogP contribution is 2.20. The SMILES string of the molecule is CCNC(=NCCn1cc(C)cn1)NC1CCCN(c2cccc(F)c2)C1.I. The van der Waals surface area contributed by atoms with Gasteiger partial charge < -0.3 is 15.5 Å². The Bertz CT molecular complexity index is 763. The van der Waals surface area contributed by atoms with Gasteiger partial charge in [0.2, 0.25) is 0 Å². The normalized spacial score (nSPS) is 17.2. The molecule has 1 aromatic carbocycles. The van der Waals surface area contributed by atoms with Crippen LogP contribution in [0.4, 0.5) is 10.1 Å². The summed E-state index contributed by atoms with van der Waals surface area (Å²) in [7, 11) is 0. The first-order valence-corrected chi connectivity index (χ1v) is 9.68. The summed E-state index contributed by atoms with van der Waals surface area (Å²) in [5.74, 6) is 0.638. The molecule has 28 heavy (non-hydrogen) atoms. The highest BCUT2D eigenvalue weighted by atomic mass is 127. The maximum Gasteiger partial charge on any atom is 0.191 e. The number of benzene rings is 1. The van der Waals surface area contributed by atoms with Crippen molar-refractivity contribution in [1.82, 2.24) is 20.4 Å². The second-order valence-corrected chi connectivity index (χ2v) is 6.95. The van der Waals surface area contributed by atoms with Crippen molar-refractivity contribution in [1.29, 1.82) is 0 Å². The molecule has 1 aliphatic rings. The zero-order valence-electron chi connectivity index (χ0n) is 16.6. The number of hydrogen-bond acceptors (Lipinski definition) is 3. The lowest BCUT2D eigenvalue weighted by Crippen LogP contribution is -2.51. The van der Waals surface area contributed by atoms with Gasteiger partial charge in [0.1, 0.15) is 5.82 Å². The van der Waals surface area contributed by atoms with Crippen LogP contribution in [0.5, 0.6) is 0 Å². The Morgan fingerprint density at radius 2 is 2.25 bits per heavy atom. The number of nitrogens with one attached hydrogen (secondary N) is 2. The molecule has 6 nitrogen and oxygen atoms in total. The molecule has 2 heterocycles. The van der Waals surface area contributed by atoms with Crippen molar-refractivity contribution in [3.63, 3.8) is 0 Å². The van der Waals surface area contributed by atoms with E-state index in [0.717, 1.165) is 56.2 Å². The standard InChI is InChI=1S/C20H29FN6.HI/c1-3-22-20(23-9-11-27-14-16(2)13-24-27)25-18-7-5-10-26(15-18)19-8-4-6-17(21)12-19;/h4,6,8,12-14,18H,3,5,7,9-11,15H2,1-2H3,(H2,22,23,25);1H.